The molecule has 0 aliphatic heterocycles. The summed E-state index contributed by atoms with van der Waals surface area (Å²) in [5.41, 5.74) is 7.24. The van der Waals surface area contributed by atoms with Crippen LogP contribution in [0.1, 0.15) is 60.4 Å². The van der Waals surface area contributed by atoms with Crippen molar-refractivity contribution in [3.63, 3.8) is 0 Å². The second-order valence-corrected chi connectivity index (χ2v) is 7.20. The minimum Gasteiger partial charge on any atom is -0.358 e. The highest BCUT2D eigenvalue weighted by Crippen LogP contribution is 2.41. The number of rotatable bonds is 3. The molecule has 0 amide bonds. The van der Waals surface area contributed by atoms with Crippen molar-refractivity contribution in [3.8, 4) is 0 Å². The molecule has 1 aliphatic carbocycles. The van der Waals surface area contributed by atoms with Gasteiger partial charge in [-0.3, -0.25) is 0 Å². The highest BCUT2D eigenvalue weighted by Gasteiger charge is 2.25. The Morgan fingerprint density at radius 3 is 2.78 bits per heavy atom. The molecule has 3 aromatic rings. The molecule has 0 radical (unpaired) electrons. The number of aryl methyl sites for hydroxylation is 2. The number of benzene rings is 2. The predicted molar refractivity (Wildman–Crippen MR) is 98.2 cm³/mol. The average Bonchev–Trinajstić information content (AvgIpc) is 2.95. The fourth-order valence-electron chi connectivity index (χ4n) is 4.25. The van der Waals surface area contributed by atoms with E-state index in [0.29, 0.717) is 11.8 Å². The lowest BCUT2D eigenvalue weighted by Gasteiger charge is -2.25. The number of hydrogen-bond donors (Lipinski definition) is 1. The summed E-state index contributed by atoms with van der Waals surface area (Å²) >= 11 is 0. The van der Waals surface area contributed by atoms with Gasteiger partial charge in [-0.2, -0.15) is 0 Å². The molecule has 1 heteroatoms. The van der Waals surface area contributed by atoms with Crippen LogP contribution in [0.5, 0.6) is 0 Å². The monoisotopic (exact) mass is 303 g/mol. The molecule has 2 aromatic carbocycles. The van der Waals surface area contributed by atoms with Gasteiger partial charge in [0.25, 0.3) is 0 Å². The first-order valence-electron chi connectivity index (χ1n) is 8.88. The van der Waals surface area contributed by atoms with Crippen molar-refractivity contribution in [3.05, 3.63) is 70.9 Å². The van der Waals surface area contributed by atoms with Gasteiger partial charge in [-0.15, -0.1) is 0 Å². The van der Waals surface area contributed by atoms with E-state index in [0.717, 1.165) is 0 Å². The first-order chi connectivity index (χ1) is 11.2. The molecule has 1 nitrogen and oxygen atoms in total. The Hall–Kier alpha value is -2.02. The Kier molecular flexibility index (Phi) is 3.72. The summed E-state index contributed by atoms with van der Waals surface area (Å²) in [5.74, 6) is 1.28. The number of aromatic amines is 1. The van der Waals surface area contributed by atoms with Crippen LogP contribution in [0.15, 0.2) is 48.5 Å². The van der Waals surface area contributed by atoms with Crippen molar-refractivity contribution in [2.45, 2.75) is 51.4 Å². The van der Waals surface area contributed by atoms with Crippen LogP contribution < -0.4 is 0 Å². The number of fused-ring (bicyclic) bond motifs is 3. The quantitative estimate of drug-likeness (QED) is 0.602. The molecule has 118 valence electrons. The third kappa shape index (κ3) is 2.69. The molecule has 0 saturated carbocycles. The van der Waals surface area contributed by atoms with Crippen molar-refractivity contribution in [1.29, 1.82) is 0 Å². The van der Waals surface area contributed by atoms with Crippen LogP contribution in [0, 0.1) is 6.92 Å². The lowest BCUT2D eigenvalue weighted by atomic mass is 9.80. The Balaban J connectivity index is 1.66. The maximum absolute atomic E-state index is 3.75. The van der Waals surface area contributed by atoms with Crippen molar-refractivity contribution >= 4 is 10.9 Å². The van der Waals surface area contributed by atoms with Crippen molar-refractivity contribution in [1.82, 2.24) is 4.98 Å². The zero-order valence-corrected chi connectivity index (χ0v) is 14.1. The van der Waals surface area contributed by atoms with Crippen LogP contribution in [0.3, 0.4) is 0 Å². The van der Waals surface area contributed by atoms with Crippen LogP contribution in [-0.2, 0) is 6.42 Å². The summed E-state index contributed by atoms with van der Waals surface area (Å²) in [5, 5.41) is 1.46. The zero-order chi connectivity index (χ0) is 15.8. The van der Waals surface area contributed by atoms with Gasteiger partial charge in [-0.1, -0.05) is 48.9 Å². The van der Waals surface area contributed by atoms with Crippen LogP contribution in [0.2, 0.25) is 0 Å². The van der Waals surface area contributed by atoms with Crippen molar-refractivity contribution in [2.24, 2.45) is 0 Å². The van der Waals surface area contributed by atoms with E-state index in [1.54, 1.807) is 5.56 Å². The van der Waals surface area contributed by atoms with Crippen LogP contribution >= 0.6 is 0 Å². The molecule has 0 saturated heterocycles. The van der Waals surface area contributed by atoms with E-state index in [1.807, 2.05) is 0 Å². The third-order valence-corrected chi connectivity index (χ3v) is 5.49. The maximum atomic E-state index is 3.75. The maximum Gasteiger partial charge on any atom is 0.0459 e. The van der Waals surface area contributed by atoms with Gasteiger partial charge < -0.3 is 4.98 Å². The van der Waals surface area contributed by atoms with Crippen LogP contribution in [0.4, 0.5) is 0 Å². The van der Waals surface area contributed by atoms with E-state index in [-0.39, 0.29) is 0 Å². The number of H-pyrrole nitrogens is 1. The Morgan fingerprint density at radius 2 is 1.96 bits per heavy atom. The zero-order valence-electron chi connectivity index (χ0n) is 14.1. The van der Waals surface area contributed by atoms with E-state index in [2.05, 4.69) is 67.4 Å². The standard InChI is InChI=1S/C22H25N/c1-15-11-12-21-20(13-15)19-10-6-9-18(22(19)23-21)14-16(2)17-7-4-3-5-8-17/h3-5,7-8,11-13,16,18,23H,6,9-10,14H2,1-2H3/t16-,18-/m1/s1. The molecule has 1 aliphatic rings. The molecule has 0 bridgehead atoms. The van der Waals surface area contributed by atoms with Gasteiger partial charge in [0, 0.05) is 16.6 Å². The van der Waals surface area contributed by atoms with Gasteiger partial charge in [0.15, 0.2) is 0 Å². The Labute approximate surface area is 138 Å². The van der Waals surface area contributed by atoms with Gasteiger partial charge in [-0.05, 0) is 67.7 Å². The minimum atomic E-state index is 0.611. The van der Waals surface area contributed by atoms with Crippen molar-refractivity contribution < 1.29 is 0 Å². The predicted octanol–water partition coefficient (Wildman–Crippen LogP) is 6.09. The Morgan fingerprint density at radius 1 is 1.13 bits per heavy atom. The van der Waals surface area contributed by atoms with Crippen molar-refractivity contribution in [2.75, 3.05) is 0 Å². The van der Waals surface area contributed by atoms with Gasteiger partial charge in [0.05, 0.1) is 0 Å². The summed E-state index contributed by atoms with van der Waals surface area (Å²) in [6, 6.07) is 17.8. The van der Waals surface area contributed by atoms with Gasteiger partial charge in [0.1, 0.15) is 0 Å². The summed E-state index contributed by atoms with van der Waals surface area (Å²) < 4.78 is 0. The van der Waals surface area contributed by atoms with Gasteiger partial charge in [-0.25, -0.2) is 0 Å². The fraction of sp³-hybridized carbons (Fsp3) is 0.364. The molecular formula is C22H25N. The summed E-state index contributed by atoms with van der Waals surface area (Å²) in [6.07, 6.45) is 5.11. The van der Waals surface area contributed by atoms with Gasteiger partial charge in [0.2, 0.25) is 0 Å². The first kappa shape index (κ1) is 14.6. The van der Waals surface area contributed by atoms with E-state index >= 15 is 0 Å². The number of aromatic nitrogens is 1. The summed E-state index contributed by atoms with van der Waals surface area (Å²) in [4.78, 5) is 3.75. The largest absolute Gasteiger partial charge is 0.358 e. The summed E-state index contributed by atoms with van der Waals surface area (Å²) in [7, 11) is 0. The molecule has 1 N–H and O–H groups in total. The normalized spacial score (nSPS) is 18.8. The molecule has 2 atom stereocenters. The molecule has 0 spiro atoms. The van der Waals surface area contributed by atoms with Gasteiger partial charge >= 0.3 is 0 Å². The Bertz CT molecular complexity index is 813. The lowest BCUT2D eigenvalue weighted by molar-refractivity contribution is 0.478. The van der Waals surface area contributed by atoms with E-state index < -0.39 is 0 Å². The topological polar surface area (TPSA) is 15.8 Å². The second kappa shape index (κ2) is 5.88. The molecule has 1 aromatic heterocycles. The average molecular weight is 303 g/mol. The van der Waals surface area contributed by atoms with E-state index in [9.17, 15) is 0 Å². The highest BCUT2D eigenvalue weighted by atomic mass is 14.7. The fourth-order valence-corrected chi connectivity index (χ4v) is 4.25. The highest BCUT2D eigenvalue weighted by molar-refractivity contribution is 5.85. The SMILES string of the molecule is Cc1ccc2[nH]c3c(c2c1)CCC[C@@H]3C[C@@H](C)c1ccccc1. The van der Waals surface area contributed by atoms with E-state index in [1.165, 1.54) is 53.4 Å². The number of nitrogens with one attached hydrogen (secondary N) is 1. The molecule has 0 fully saturated rings. The molecular weight excluding hydrogens is 278 g/mol. The molecule has 23 heavy (non-hydrogen) atoms. The lowest BCUT2D eigenvalue weighted by Crippen LogP contribution is -2.11. The third-order valence-electron chi connectivity index (χ3n) is 5.49. The first-order valence-corrected chi connectivity index (χ1v) is 8.88. The minimum absolute atomic E-state index is 0.611. The summed E-state index contributed by atoms with van der Waals surface area (Å²) in [6.45, 7) is 4.56. The molecule has 0 unspecified atom stereocenters. The van der Waals surface area contributed by atoms with E-state index in [4.69, 9.17) is 0 Å². The van der Waals surface area contributed by atoms with Crippen LogP contribution in [0.25, 0.3) is 10.9 Å². The smallest absolute Gasteiger partial charge is 0.0459 e. The number of hydrogen-bond acceptors (Lipinski definition) is 0. The second-order valence-electron chi connectivity index (χ2n) is 7.20. The van der Waals surface area contributed by atoms with Crippen LogP contribution in [-0.4, -0.2) is 4.98 Å². The molecule has 1 heterocycles. The molecule has 4 rings (SSSR count).